The van der Waals surface area contributed by atoms with Gasteiger partial charge >= 0.3 is 0 Å². The Morgan fingerprint density at radius 3 is 1.10 bits per heavy atom. The summed E-state index contributed by atoms with van der Waals surface area (Å²) in [5.41, 5.74) is 2.65. The molecule has 0 fully saturated rings. The third-order valence-corrected chi connectivity index (χ3v) is 11.9. The van der Waals surface area contributed by atoms with Crippen LogP contribution in [0.5, 0.6) is 0 Å². The fraction of sp³-hybridized carbons (Fsp3) is 0.571. The first kappa shape index (κ1) is 26.4. The van der Waals surface area contributed by atoms with Gasteiger partial charge in [0.25, 0.3) is 0 Å². The molecule has 1 nitrogen and oxygen atoms in total. The van der Waals surface area contributed by atoms with Crippen LogP contribution in [0.2, 0.25) is 0 Å². The van der Waals surface area contributed by atoms with E-state index in [9.17, 15) is 0 Å². The number of rotatable bonds is 12. The van der Waals surface area contributed by atoms with Crippen LogP contribution in [0.25, 0.3) is 0 Å². The van der Waals surface area contributed by atoms with Crippen molar-refractivity contribution in [1.82, 2.24) is 0 Å². The molecule has 2 rings (SSSR count). The third-order valence-electron chi connectivity index (χ3n) is 5.10. The molecule has 172 valence electrons. The summed E-state index contributed by atoms with van der Waals surface area (Å²) in [6.45, 7) is 18.9. The summed E-state index contributed by atoms with van der Waals surface area (Å²) in [7, 11) is -0.323. The van der Waals surface area contributed by atoms with E-state index < -0.39 is 0 Å². The molecule has 31 heavy (non-hydrogen) atoms. The highest BCUT2D eigenvalue weighted by atomic mass is 31.1. The number of nitrogens with one attached hydrogen (secondary N) is 1. The smallest absolute Gasteiger partial charge is 0.0462 e. The number of benzene rings is 2. The van der Waals surface area contributed by atoms with E-state index in [0.29, 0.717) is 0 Å². The molecule has 0 saturated carbocycles. The zero-order valence-electron chi connectivity index (χ0n) is 21.2. The van der Waals surface area contributed by atoms with Crippen molar-refractivity contribution in [2.45, 2.75) is 55.4 Å². The lowest BCUT2D eigenvalue weighted by Gasteiger charge is -2.27. The quantitative estimate of drug-likeness (QED) is 0.316. The minimum Gasteiger partial charge on any atom is -0.354 e. The lowest BCUT2D eigenvalue weighted by atomic mass is 10.2. The monoisotopic (exact) mass is 457 g/mol. The molecule has 0 amide bonds. The van der Waals surface area contributed by atoms with Crippen LogP contribution in [0.4, 0.5) is 11.4 Å². The standard InChI is InChI=1S/C28H45NP2/c1-21(2)17-30(18-22(3)4)27-15-11-9-13-25(27)29-26-14-10-12-16-28(26)31(19-23(5)6)20-24(7)8/h9-16,21-24,29H,17-20H2,1-8H3. The van der Waals surface area contributed by atoms with Gasteiger partial charge in [-0.2, -0.15) is 0 Å². The average molecular weight is 458 g/mol. The Kier molecular flexibility index (Phi) is 11.0. The zero-order chi connectivity index (χ0) is 23.0. The van der Waals surface area contributed by atoms with Crippen molar-refractivity contribution in [3.05, 3.63) is 48.5 Å². The summed E-state index contributed by atoms with van der Waals surface area (Å²) in [4.78, 5) is 0. The third kappa shape index (κ3) is 8.86. The van der Waals surface area contributed by atoms with Gasteiger partial charge in [-0.1, -0.05) is 108 Å². The largest absolute Gasteiger partial charge is 0.354 e. The van der Waals surface area contributed by atoms with Gasteiger partial charge in [0.05, 0.1) is 0 Å². The fourth-order valence-corrected chi connectivity index (χ4v) is 10.3. The van der Waals surface area contributed by atoms with Crippen LogP contribution in [0, 0.1) is 23.7 Å². The van der Waals surface area contributed by atoms with Gasteiger partial charge in [-0.25, -0.2) is 0 Å². The highest BCUT2D eigenvalue weighted by Crippen LogP contribution is 2.43. The molecular formula is C28H45NP2. The minimum atomic E-state index is -0.162. The number of anilines is 2. The van der Waals surface area contributed by atoms with Gasteiger partial charge in [-0.05, 0) is 71.1 Å². The van der Waals surface area contributed by atoms with E-state index in [-0.39, 0.29) is 15.8 Å². The van der Waals surface area contributed by atoms with Gasteiger partial charge in [0.15, 0.2) is 0 Å². The second-order valence-corrected chi connectivity index (χ2v) is 15.1. The van der Waals surface area contributed by atoms with Crippen molar-refractivity contribution >= 4 is 37.8 Å². The summed E-state index contributed by atoms with van der Waals surface area (Å²) in [5, 5.41) is 7.02. The maximum absolute atomic E-state index is 3.93. The van der Waals surface area contributed by atoms with E-state index in [1.54, 1.807) is 10.6 Å². The molecule has 0 aliphatic carbocycles. The molecule has 0 saturated heterocycles. The summed E-state index contributed by atoms with van der Waals surface area (Å²) >= 11 is 0. The maximum atomic E-state index is 3.93. The number of para-hydroxylation sites is 2. The average Bonchev–Trinajstić information content (AvgIpc) is 2.66. The highest BCUT2D eigenvalue weighted by molar-refractivity contribution is 7.66. The Balaban J connectivity index is 2.41. The van der Waals surface area contributed by atoms with E-state index >= 15 is 0 Å². The molecule has 0 radical (unpaired) electrons. The second-order valence-electron chi connectivity index (χ2n) is 10.5. The molecule has 0 aliphatic heterocycles. The fourth-order valence-electron chi connectivity index (χ4n) is 4.16. The molecule has 0 aliphatic rings. The van der Waals surface area contributed by atoms with Gasteiger partial charge in [-0.3, -0.25) is 0 Å². The van der Waals surface area contributed by atoms with Crippen molar-refractivity contribution in [2.24, 2.45) is 23.7 Å². The predicted molar refractivity (Wildman–Crippen MR) is 148 cm³/mol. The summed E-state index contributed by atoms with van der Waals surface area (Å²) in [6.07, 6.45) is 5.23. The topological polar surface area (TPSA) is 12.0 Å². The normalized spacial score (nSPS) is 12.2. The minimum absolute atomic E-state index is 0.162. The van der Waals surface area contributed by atoms with Gasteiger partial charge in [0, 0.05) is 11.4 Å². The van der Waals surface area contributed by atoms with Gasteiger partial charge in [0.1, 0.15) is 0 Å². The molecule has 3 heteroatoms. The molecular weight excluding hydrogens is 412 g/mol. The predicted octanol–water partition coefficient (Wildman–Crippen LogP) is 8.27. The Bertz CT molecular complexity index is 697. The summed E-state index contributed by atoms with van der Waals surface area (Å²) in [6, 6.07) is 18.2. The first-order chi connectivity index (χ1) is 14.7. The van der Waals surface area contributed by atoms with Crippen LogP contribution >= 0.6 is 15.8 Å². The van der Waals surface area contributed by atoms with Gasteiger partial charge in [0.2, 0.25) is 0 Å². The molecule has 0 bridgehead atoms. The Morgan fingerprint density at radius 2 is 0.806 bits per heavy atom. The van der Waals surface area contributed by atoms with E-state index in [1.807, 2.05) is 0 Å². The number of hydrogen-bond acceptors (Lipinski definition) is 1. The molecule has 2 aromatic rings. The van der Waals surface area contributed by atoms with E-state index in [1.165, 1.54) is 36.0 Å². The molecule has 0 heterocycles. The molecule has 2 aromatic carbocycles. The van der Waals surface area contributed by atoms with Crippen LogP contribution in [0.1, 0.15) is 55.4 Å². The molecule has 0 aromatic heterocycles. The van der Waals surface area contributed by atoms with Crippen LogP contribution < -0.4 is 15.9 Å². The summed E-state index contributed by atoms with van der Waals surface area (Å²) < 4.78 is 0. The van der Waals surface area contributed by atoms with Crippen molar-refractivity contribution < 1.29 is 0 Å². The lowest BCUT2D eigenvalue weighted by Crippen LogP contribution is -2.19. The van der Waals surface area contributed by atoms with Crippen LogP contribution in [-0.2, 0) is 0 Å². The van der Waals surface area contributed by atoms with E-state index in [2.05, 4.69) is 109 Å². The Hall–Kier alpha value is -0.900. The van der Waals surface area contributed by atoms with Gasteiger partial charge < -0.3 is 5.32 Å². The second kappa shape index (κ2) is 13.0. The SMILES string of the molecule is CC(C)CP(CC(C)C)c1ccccc1Nc1ccccc1P(CC(C)C)CC(C)C. The van der Waals surface area contributed by atoms with Crippen LogP contribution in [-0.4, -0.2) is 24.6 Å². The molecule has 0 unspecified atom stereocenters. The first-order valence-electron chi connectivity index (χ1n) is 12.1. The molecule has 1 N–H and O–H groups in total. The lowest BCUT2D eigenvalue weighted by molar-refractivity contribution is 0.721. The van der Waals surface area contributed by atoms with Crippen molar-refractivity contribution in [3.8, 4) is 0 Å². The van der Waals surface area contributed by atoms with Crippen molar-refractivity contribution in [3.63, 3.8) is 0 Å². The van der Waals surface area contributed by atoms with Gasteiger partial charge in [-0.15, -0.1) is 0 Å². The van der Waals surface area contributed by atoms with Crippen LogP contribution in [0.3, 0.4) is 0 Å². The summed E-state index contributed by atoms with van der Waals surface area (Å²) in [5.74, 6) is 2.93. The van der Waals surface area contributed by atoms with E-state index in [0.717, 1.165) is 23.7 Å². The number of hydrogen-bond donors (Lipinski definition) is 1. The maximum Gasteiger partial charge on any atom is 0.0462 e. The molecule has 0 atom stereocenters. The first-order valence-corrected chi connectivity index (χ1v) is 15.5. The zero-order valence-corrected chi connectivity index (χ0v) is 22.9. The molecule has 0 spiro atoms. The van der Waals surface area contributed by atoms with Crippen molar-refractivity contribution in [1.29, 1.82) is 0 Å². The van der Waals surface area contributed by atoms with Crippen molar-refractivity contribution in [2.75, 3.05) is 30.0 Å². The van der Waals surface area contributed by atoms with E-state index in [4.69, 9.17) is 0 Å². The Morgan fingerprint density at radius 1 is 0.516 bits per heavy atom. The van der Waals surface area contributed by atoms with Crippen LogP contribution in [0.15, 0.2) is 48.5 Å². The highest BCUT2D eigenvalue weighted by Gasteiger charge is 2.21. The Labute approximate surface area is 195 Å².